The van der Waals surface area contributed by atoms with Crippen molar-refractivity contribution >= 4 is 23.9 Å². The monoisotopic (exact) mass is 289 g/mol. The predicted octanol–water partition coefficient (Wildman–Crippen LogP) is -1.07. The normalized spacial score (nSPS) is 19.4. The van der Waals surface area contributed by atoms with E-state index in [9.17, 15) is 19.2 Å². The van der Waals surface area contributed by atoms with Gasteiger partial charge in [0.25, 0.3) is 0 Å². The van der Waals surface area contributed by atoms with Gasteiger partial charge in [-0.15, -0.1) is 0 Å². The standard InChI is InChI=1S/C11H15NO8/c13-7(14)1-5(9(17)18)11(3-12-4-11)6(10(19)20)2-8(15)16/h5-6,12H,1-4H2,(H,13,14)(H,15,16)(H,17,18)(H,19,20). The molecule has 9 heteroatoms. The van der Waals surface area contributed by atoms with Crippen LogP contribution in [0.4, 0.5) is 0 Å². The maximum Gasteiger partial charge on any atom is 0.307 e. The molecule has 1 heterocycles. The van der Waals surface area contributed by atoms with Gasteiger partial charge >= 0.3 is 23.9 Å². The third-order valence-corrected chi connectivity index (χ3v) is 3.65. The van der Waals surface area contributed by atoms with Crippen LogP contribution in [0.3, 0.4) is 0 Å². The zero-order chi connectivity index (χ0) is 15.5. The maximum absolute atomic E-state index is 11.3. The summed E-state index contributed by atoms with van der Waals surface area (Å²) in [7, 11) is 0. The topological polar surface area (TPSA) is 161 Å². The van der Waals surface area contributed by atoms with Crippen molar-refractivity contribution in [3.8, 4) is 0 Å². The van der Waals surface area contributed by atoms with E-state index in [1.165, 1.54) is 0 Å². The zero-order valence-corrected chi connectivity index (χ0v) is 10.4. The molecule has 1 aliphatic heterocycles. The van der Waals surface area contributed by atoms with Gasteiger partial charge in [0.05, 0.1) is 24.7 Å². The number of hydrogen-bond donors (Lipinski definition) is 5. The Bertz CT molecular complexity index is 406. The fourth-order valence-corrected chi connectivity index (χ4v) is 2.57. The van der Waals surface area contributed by atoms with E-state index < -0.39 is 54.0 Å². The van der Waals surface area contributed by atoms with Crippen LogP contribution in [0.15, 0.2) is 0 Å². The lowest BCUT2D eigenvalue weighted by molar-refractivity contribution is -0.168. The largest absolute Gasteiger partial charge is 0.481 e. The summed E-state index contributed by atoms with van der Waals surface area (Å²) >= 11 is 0. The molecule has 0 saturated carbocycles. The van der Waals surface area contributed by atoms with E-state index in [1.54, 1.807) is 0 Å². The molecule has 112 valence electrons. The van der Waals surface area contributed by atoms with Crippen LogP contribution in [0.2, 0.25) is 0 Å². The van der Waals surface area contributed by atoms with Gasteiger partial charge in [-0.25, -0.2) is 0 Å². The predicted molar refractivity (Wildman–Crippen MR) is 62.1 cm³/mol. The van der Waals surface area contributed by atoms with E-state index in [4.69, 9.17) is 20.4 Å². The molecule has 0 aliphatic carbocycles. The highest BCUT2D eigenvalue weighted by atomic mass is 16.4. The van der Waals surface area contributed by atoms with Gasteiger partial charge in [-0.1, -0.05) is 0 Å². The van der Waals surface area contributed by atoms with Crippen LogP contribution in [0.25, 0.3) is 0 Å². The van der Waals surface area contributed by atoms with Crippen molar-refractivity contribution < 1.29 is 39.6 Å². The first-order valence-electron chi connectivity index (χ1n) is 5.80. The Balaban J connectivity index is 3.14. The molecule has 1 saturated heterocycles. The van der Waals surface area contributed by atoms with Crippen molar-refractivity contribution in [3.63, 3.8) is 0 Å². The molecule has 0 amide bonds. The first-order chi connectivity index (χ1) is 9.20. The van der Waals surface area contributed by atoms with Crippen LogP contribution in [-0.4, -0.2) is 57.4 Å². The van der Waals surface area contributed by atoms with Crippen LogP contribution >= 0.6 is 0 Å². The third kappa shape index (κ3) is 3.05. The van der Waals surface area contributed by atoms with Gasteiger partial charge in [0.15, 0.2) is 0 Å². The van der Waals surface area contributed by atoms with E-state index in [0.29, 0.717) is 0 Å². The smallest absolute Gasteiger partial charge is 0.307 e. The van der Waals surface area contributed by atoms with E-state index in [0.717, 1.165) is 0 Å². The maximum atomic E-state index is 11.3. The van der Waals surface area contributed by atoms with Crippen LogP contribution in [0, 0.1) is 17.3 Å². The van der Waals surface area contributed by atoms with Crippen molar-refractivity contribution in [1.29, 1.82) is 0 Å². The molecule has 0 radical (unpaired) electrons. The molecule has 20 heavy (non-hydrogen) atoms. The molecular formula is C11H15NO8. The molecule has 0 spiro atoms. The van der Waals surface area contributed by atoms with Crippen molar-refractivity contribution in [3.05, 3.63) is 0 Å². The van der Waals surface area contributed by atoms with Gasteiger partial charge in [0, 0.05) is 18.5 Å². The lowest BCUT2D eigenvalue weighted by Crippen LogP contribution is -2.65. The molecule has 0 aromatic rings. The highest BCUT2D eigenvalue weighted by Gasteiger charge is 2.56. The van der Waals surface area contributed by atoms with E-state index in [2.05, 4.69) is 5.32 Å². The minimum Gasteiger partial charge on any atom is -0.481 e. The van der Waals surface area contributed by atoms with E-state index >= 15 is 0 Å². The Morgan fingerprint density at radius 2 is 1.20 bits per heavy atom. The van der Waals surface area contributed by atoms with Crippen molar-refractivity contribution in [2.24, 2.45) is 17.3 Å². The lowest BCUT2D eigenvalue weighted by Gasteiger charge is -2.49. The Morgan fingerprint density at radius 3 is 1.35 bits per heavy atom. The van der Waals surface area contributed by atoms with Crippen molar-refractivity contribution in [1.82, 2.24) is 5.32 Å². The first kappa shape index (κ1) is 15.9. The fourth-order valence-electron chi connectivity index (χ4n) is 2.57. The summed E-state index contributed by atoms with van der Waals surface area (Å²) in [6, 6.07) is 0. The minimum absolute atomic E-state index is 0.0402. The number of carboxylic acid groups (broad SMARTS) is 4. The molecule has 5 N–H and O–H groups in total. The highest BCUT2D eigenvalue weighted by molar-refractivity contribution is 5.83. The molecule has 2 atom stereocenters. The first-order valence-corrected chi connectivity index (χ1v) is 5.80. The van der Waals surface area contributed by atoms with Crippen LogP contribution in [0.1, 0.15) is 12.8 Å². The molecule has 1 rings (SSSR count). The van der Waals surface area contributed by atoms with Crippen molar-refractivity contribution in [2.45, 2.75) is 12.8 Å². The molecule has 0 aromatic heterocycles. The second kappa shape index (κ2) is 5.87. The quantitative estimate of drug-likeness (QED) is 0.374. The molecular weight excluding hydrogens is 274 g/mol. The third-order valence-electron chi connectivity index (χ3n) is 3.65. The summed E-state index contributed by atoms with van der Waals surface area (Å²) < 4.78 is 0. The van der Waals surface area contributed by atoms with Gasteiger partial charge in [0.1, 0.15) is 0 Å². The second-order valence-corrected chi connectivity index (χ2v) is 4.81. The number of aliphatic carboxylic acids is 4. The Labute approximate surface area is 113 Å². The Morgan fingerprint density at radius 1 is 0.850 bits per heavy atom. The van der Waals surface area contributed by atoms with Gasteiger partial charge in [-0.3, -0.25) is 19.2 Å². The highest BCUT2D eigenvalue weighted by Crippen LogP contribution is 2.43. The fraction of sp³-hybridized carbons (Fsp3) is 0.636. The summed E-state index contributed by atoms with van der Waals surface area (Å²) in [6.45, 7) is -0.0804. The van der Waals surface area contributed by atoms with E-state index in [1.807, 2.05) is 0 Å². The van der Waals surface area contributed by atoms with Crippen LogP contribution in [-0.2, 0) is 19.2 Å². The molecule has 9 nitrogen and oxygen atoms in total. The Hall–Kier alpha value is -2.16. The van der Waals surface area contributed by atoms with Gasteiger partial charge in [-0.05, 0) is 0 Å². The van der Waals surface area contributed by atoms with Gasteiger partial charge in [-0.2, -0.15) is 0 Å². The van der Waals surface area contributed by atoms with Crippen LogP contribution < -0.4 is 5.32 Å². The molecule has 1 aliphatic rings. The zero-order valence-electron chi connectivity index (χ0n) is 10.4. The second-order valence-electron chi connectivity index (χ2n) is 4.81. The molecule has 0 bridgehead atoms. The lowest BCUT2D eigenvalue weighted by atomic mass is 9.60. The number of carbonyl (C=O) groups is 4. The Kier molecular flexibility index (Phi) is 4.66. The summed E-state index contributed by atoms with van der Waals surface area (Å²) in [5.41, 5.74) is -1.41. The van der Waals surface area contributed by atoms with Gasteiger partial charge < -0.3 is 25.7 Å². The average molecular weight is 289 g/mol. The summed E-state index contributed by atoms with van der Waals surface area (Å²) in [5, 5.41) is 38.6. The van der Waals surface area contributed by atoms with Crippen LogP contribution in [0.5, 0.6) is 0 Å². The minimum atomic E-state index is -1.46. The van der Waals surface area contributed by atoms with E-state index in [-0.39, 0.29) is 13.1 Å². The summed E-state index contributed by atoms with van der Waals surface area (Å²) in [4.78, 5) is 44.0. The van der Waals surface area contributed by atoms with Crippen molar-refractivity contribution in [2.75, 3.05) is 13.1 Å². The number of nitrogens with one attached hydrogen (secondary N) is 1. The molecule has 1 fully saturated rings. The van der Waals surface area contributed by atoms with Gasteiger partial charge in [0.2, 0.25) is 0 Å². The number of hydrogen-bond acceptors (Lipinski definition) is 5. The molecule has 0 aromatic carbocycles. The average Bonchev–Trinajstić information content (AvgIpc) is 2.23. The number of carboxylic acids is 4. The summed E-state index contributed by atoms with van der Waals surface area (Å²) in [6.07, 6.45) is -1.50. The summed E-state index contributed by atoms with van der Waals surface area (Å²) in [5.74, 6) is -8.54. The molecule has 2 unspecified atom stereocenters. The SMILES string of the molecule is O=C(O)CC(C(=O)O)C1(C(CC(=O)O)C(=O)O)CNC1. The number of rotatable bonds is 8.